The number of carbonyl (C=O) groups is 1. The molecule has 0 saturated carbocycles. The van der Waals surface area contributed by atoms with Crippen LogP contribution in [-0.4, -0.2) is 28.6 Å². The van der Waals surface area contributed by atoms with Crippen LogP contribution < -0.4 is 9.64 Å². The molecule has 0 radical (unpaired) electrons. The number of aryl methyl sites for hydroxylation is 2. The monoisotopic (exact) mass is 439 g/mol. The third-order valence-corrected chi connectivity index (χ3v) is 6.37. The van der Waals surface area contributed by atoms with Crippen molar-refractivity contribution < 1.29 is 9.53 Å². The van der Waals surface area contributed by atoms with Gasteiger partial charge >= 0.3 is 0 Å². The number of unbranched alkanes of at least 4 members (excludes halogenated alkanes) is 1. The standard InChI is InChI=1S/C28H29N3O2/c1-21-11-5-7-15-25(21)31-20-22(19-27(31)32)28-29-24-14-6-8-16-26(24)30(28)17-9-10-18-33-23-12-3-2-4-13-23/h2-8,11-16,22H,9-10,17-20H2,1H3. The second-order valence-corrected chi connectivity index (χ2v) is 8.67. The van der Waals surface area contributed by atoms with Gasteiger partial charge in [0.05, 0.1) is 17.6 Å². The van der Waals surface area contributed by atoms with Crippen LogP contribution in [0.25, 0.3) is 11.0 Å². The van der Waals surface area contributed by atoms with Crippen LogP contribution >= 0.6 is 0 Å². The molecule has 1 aliphatic rings. The van der Waals surface area contributed by atoms with E-state index in [9.17, 15) is 4.79 Å². The summed E-state index contributed by atoms with van der Waals surface area (Å²) in [6.45, 7) is 4.28. The largest absolute Gasteiger partial charge is 0.494 e. The smallest absolute Gasteiger partial charge is 0.227 e. The molecule has 1 fully saturated rings. The molecule has 0 aliphatic carbocycles. The van der Waals surface area contributed by atoms with Crippen LogP contribution in [0.3, 0.4) is 0 Å². The quantitative estimate of drug-likeness (QED) is 0.330. The second-order valence-electron chi connectivity index (χ2n) is 8.67. The van der Waals surface area contributed by atoms with Gasteiger partial charge in [-0.15, -0.1) is 0 Å². The highest BCUT2D eigenvalue weighted by atomic mass is 16.5. The molecule has 1 aliphatic heterocycles. The number of imidazole rings is 1. The number of fused-ring (bicyclic) bond motifs is 1. The highest BCUT2D eigenvalue weighted by molar-refractivity contribution is 5.97. The summed E-state index contributed by atoms with van der Waals surface area (Å²) in [6, 6.07) is 26.3. The highest BCUT2D eigenvalue weighted by Crippen LogP contribution is 2.34. The SMILES string of the molecule is Cc1ccccc1N1CC(c2nc3ccccc3n2CCCCOc2ccccc2)CC1=O. The molecule has 168 valence electrons. The van der Waals surface area contributed by atoms with Crippen molar-refractivity contribution in [2.75, 3.05) is 18.1 Å². The summed E-state index contributed by atoms with van der Waals surface area (Å²) < 4.78 is 8.17. The van der Waals surface area contributed by atoms with Crippen molar-refractivity contribution in [2.45, 2.75) is 38.6 Å². The number of nitrogens with zero attached hydrogens (tertiary/aromatic N) is 3. The van der Waals surface area contributed by atoms with Gasteiger partial charge in [-0.3, -0.25) is 4.79 Å². The normalized spacial score (nSPS) is 16.0. The summed E-state index contributed by atoms with van der Waals surface area (Å²) in [5, 5.41) is 0. The molecule has 1 saturated heterocycles. The predicted octanol–water partition coefficient (Wildman–Crippen LogP) is 5.72. The Bertz CT molecular complexity index is 1250. The Kier molecular flexibility index (Phi) is 6.11. The maximum Gasteiger partial charge on any atom is 0.227 e. The molecule has 0 bridgehead atoms. The third-order valence-electron chi connectivity index (χ3n) is 6.37. The maximum atomic E-state index is 12.9. The molecular formula is C28H29N3O2. The predicted molar refractivity (Wildman–Crippen MR) is 132 cm³/mol. The van der Waals surface area contributed by atoms with Crippen molar-refractivity contribution in [3.8, 4) is 5.75 Å². The molecule has 0 N–H and O–H groups in total. The fourth-order valence-corrected chi connectivity index (χ4v) is 4.70. The van der Waals surface area contributed by atoms with Crippen LogP contribution in [-0.2, 0) is 11.3 Å². The van der Waals surface area contributed by atoms with Crippen LogP contribution in [0.5, 0.6) is 5.75 Å². The summed E-state index contributed by atoms with van der Waals surface area (Å²) in [7, 11) is 0. The maximum absolute atomic E-state index is 12.9. The molecule has 5 nitrogen and oxygen atoms in total. The zero-order valence-corrected chi connectivity index (χ0v) is 19.0. The Balaban J connectivity index is 1.32. The van der Waals surface area contributed by atoms with E-state index < -0.39 is 0 Å². The van der Waals surface area contributed by atoms with Crippen LogP contribution in [0.15, 0.2) is 78.9 Å². The van der Waals surface area contributed by atoms with Crippen LogP contribution in [0.4, 0.5) is 5.69 Å². The summed E-state index contributed by atoms with van der Waals surface area (Å²) >= 11 is 0. The van der Waals surface area contributed by atoms with E-state index in [1.807, 2.05) is 59.5 Å². The molecule has 5 rings (SSSR count). The number of hydrogen-bond donors (Lipinski definition) is 0. The number of benzene rings is 3. The van der Waals surface area contributed by atoms with Gasteiger partial charge in [0.25, 0.3) is 0 Å². The fraction of sp³-hybridized carbons (Fsp3) is 0.286. The second kappa shape index (κ2) is 9.49. The Morgan fingerprint density at radius 3 is 2.55 bits per heavy atom. The van der Waals surface area contributed by atoms with Crippen LogP contribution in [0.2, 0.25) is 0 Å². The molecule has 33 heavy (non-hydrogen) atoms. The first kappa shape index (κ1) is 21.3. The van der Waals surface area contributed by atoms with Crippen molar-refractivity contribution in [3.05, 3.63) is 90.3 Å². The van der Waals surface area contributed by atoms with E-state index in [2.05, 4.69) is 35.8 Å². The van der Waals surface area contributed by atoms with Crippen LogP contribution in [0.1, 0.15) is 36.6 Å². The fourth-order valence-electron chi connectivity index (χ4n) is 4.70. The van der Waals surface area contributed by atoms with Gasteiger partial charge < -0.3 is 14.2 Å². The van der Waals surface area contributed by atoms with E-state index in [0.717, 1.165) is 53.2 Å². The molecule has 0 spiro atoms. The van der Waals surface area contributed by atoms with E-state index in [1.54, 1.807) is 0 Å². The van der Waals surface area contributed by atoms with Crippen molar-refractivity contribution in [1.29, 1.82) is 0 Å². The first-order valence-corrected chi connectivity index (χ1v) is 11.7. The van der Waals surface area contributed by atoms with E-state index in [-0.39, 0.29) is 11.8 Å². The lowest BCUT2D eigenvalue weighted by Crippen LogP contribution is -2.25. The van der Waals surface area contributed by atoms with Crippen molar-refractivity contribution in [1.82, 2.24) is 9.55 Å². The van der Waals surface area contributed by atoms with E-state index in [1.165, 1.54) is 0 Å². The number of ether oxygens (including phenoxy) is 1. The number of hydrogen-bond acceptors (Lipinski definition) is 3. The third kappa shape index (κ3) is 4.49. The summed E-state index contributed by atoms with van der Waals surface area (Å²) in [4.78, 5) is 19.9. The van der Waals surface area contributed by atoms with Gasteiger partial charge in [-0.1, -0.05) is 48.5 Å². The van der Waals surface area contributed by atoms with E-state index in [0.29, 0.717) is 19.6 Å². The lowest BCUT2D eigenvalue weighted by atomic mass is 10.1. The van der Waals surface area contributed by atoms with Crippen molar-refractivity contribution in [2.24, 2.45) is 0 Å². The Labute approximate surface area is 194 Å². The topological polar surface area (TPSA) is 47.4 Å². The zero-order chi connectivity index (χ0) is 22.6. The Morgan fingerprint density at radius 2 is 1.70 bits per heavy atom. The molecule has 1 atom stereocenters. The van der Waals surface area contributed by atoms with Gasteiger partial charge in [-0.25, -0.2) is 4.98 Å². The van der Waals surface area contributed by atoms with E-state index >= 15 is 0 Å². The van der Waals surface area contributed by atoms with Gasteiger partial charge in [0.15, 0.2) is 0 Å². The van der Waals surface area contributed by atoms with E-state index in [4.69, 9.17) is 9.72 Å². The van der Waals surface area contributed by atoms with Gasteiger partial charge in [-0.2, -0.15) is 0 Å². The number of aromatic nitrogens is 2. The average molecular weight is 440 g/mol. The Hall–Kier alpha value is -3.60. The minimum absolute atomic E-state index is 0.0880. The lowest BCUT2D eigenvalue weighted by molar-refractivity contribution is -0.117. The molecular weight excluding hydrogens is 410 g/mol. The van der Waals surface area contributed by atoms with Crippen molar-refractivity contribution in [3.63, 3.8) is 0 Å². The molecule has 2 heterocycles. The Morgan fingerprint density at radius 1 is 0.939 bits per heavy atom. The number of carbonyl (C=O) groups excluding carboxylic acids is 1. The zero-order valence-electron chi connectivity index (χ0n) is 19.0. The van der Waals surface area contributed by atoms with Gasteiger partial charge in [-0.05, 0) is 55.7 Å². The first-order chi connectivity index (χ1) is 16.2. The summed E-state index contributed by atoms with van der Waals surface area (Å²) in [5.41, 5.74) is 4.26. The van der Waals surface area contributed by atoms with Gasteiger partial charge in [0, 0.05) is 31.1 Å². The van der Waals surface area contributed by atoms with Gasteiger partial charge in [0.1, 0.15) is 11.6 Å². The number of rotatable bonds is 8. The molecule has 4 aromatic rings. The summed E-state index contributed by atoms with van der Waals surface area (Å²) in [5.74, 6) is 2.19. The highest BCUT2D eigenvalue weighted by Gasteiger charge is 2.35. The first-order valence-electron chi connectivity index (χ1n) is 11.7. The number of amides is 1. The number of anilines is 1. The average Bonchev–Trinajstić information content (AvgIpc) is 3.40. The summed E-state index contributed by atoms with van der Waals surface area (Å²) in [6.07, 6.45) is 2.44. The minimum atomic E-state index is 0.0880. The lowest BCUT2D eigenvalue weighted by Gasteiger charge is -2.19. The molecule has 1 amide bonds. The van der Waals surface area contributed by atoms with Crippen molar-refractivity contribution >= 4 is 22.6 Å². The number of para-hydroxylation sites is 4. The molecule has 1 aromatic heterocycles. The van der Waals surface area contributed by atoms with Crippen LogP contribution in [0, 0.1) is 6.92 Å². The van der Waals surface area contributed by atoms with Gasteiger partial charge in [0.2, 0.25) is 5.91 Å². The molecule has 1 unspecified atom stereocenters. The molecule has 5 heteroatoms. The minimum Gasteiger partial charge on any atom is -0.494 e. The molecule has 3 aromatic carbocycles.